The van der Waals surface area contributed by atoms with E-state index in [4.69, 9.17) is 9.97 Å². The van der Waals surface area contributed by atoms with Crippen molar-refractivity contribution in [1.29, 1.82) is 0 Å². The van der Waals surface area contributed by atoms with E-state index in [1.807, 2.05) is 22.7 Å². The van der Waals surface area contributed by atoms with Crippen molar-refractivity contribution in [3.8, 4) is 9.75 Å². The number of fused-ring (bicyclic) bond motifs is 3. The minimum absolute atomic E-state index is 0.531. The average molecular weight is 304 g/mol. The maximum atomic E-state index is 4.81. The van der Waals surface area contributed by atoms with E-state index in [1.54, 1.807) is 0 Å². The molecule has 2 unspecified atom stereocenters. The first-order valence-corrected chi connectivity index (χ1v) is 8.91. The third-order valence-electron chi connectivity index (χ3n) is 4.13. The molecule has 3 rings (SSSR count). The van der Waals surface area contributed by atoms with Gasteiger partial charge in [-0.2, -0.15) is 0 Å². The molecule has 0 bridgehead atoms. The van der Waals surface area contributed by atoms with E-state index >= 15 is 0 Å². The van der Waals surface area contributed by atoms with Crippen molar-refractivity contribution in [2.45, 2.75) is 52.4 Å². The molecule has 0 aliphatic heterocycles. The molecule has 0 amide bonds. The van der Waals surface area contributed by atoms with Crippen LogP contribution in [-0.2, 0) is 0 Å². The Kier molecular flexibility index (Phi) is 3.55. The van der Waals surface area contributed by atoms with Gasteiger partial charge in [0.2, 0.25) is 0 Å². The number of nitrogens with zero attached hydrogens (tertiary/aromatic N) is 2. The van der Waals surface area contributed by atoms with Gasteiger partial charge in [-0.3, -0.25) is 0 Å². The molecule has 2 aromatic rings. The molecule has 0 N–H and O–H groups in total. The fourth-order valence-electron chi connectivity index (χ4n) is 2.27. The Morgan fingerprint density at radius 2 is 1.30 bits per heavy atom. The molecule has 2 atom stereocenters. The molecule has 0 saturated heterocycles. The summed E-state index contributed by atoms with van der Waals surface area (Å²) in [5.74, 6) is 1.06. The number of hydrogen-bond acceptors (Lipinski definition) is 4. The van der Waals surface area contributed by atoms with Crippen molar-refractivity contribution in [3.05, 3.63) is 28.0 Å². The highest BCUT2D eigenvalue weighted by molar-refractivity contribution is 7.22. The van der Waals surface area contributed by atoms with Crippen LogP contribution in [0.15, 0.2) is 6.58 Å². The Bertz CT molecular complexity index is 610. The van der Waals surface area contributed by atoms with E-state index in [1.165, 1.54) is 19.8 Å². The van der Waals surface area contributed by atoms with Crippen molar-refractivity contribution < 1.29 is 0 Å². The lowest BCUT2D eigenvalue weighted by Gasteiger charge is -2.03. The second-order valence-corrected chi connectivity index (χ2v) is 7.62. The molecule has 0 spiro atoms. The van der Waals surface area contributed by atoms with Gasteiger partial charge in [0.15, 0.2) is 0 Å². The molecule has 2 aromatic heterocycles. The van der Waals surface area contributed by atoms with Crippen LogP contribution in [0.1, 0.15) is 73.8 Å². The van der Waals surface area contributed by atoms with Gasteiger partial charge >= 0.3 is 0 Å². The largest absolute Gasteiger partial charge is 0.240 e. The minimum Gasteiger partial charge on any atom is -0.240 e. The summed E-state index contributed by atoms with van der Waals surface area (Å²) in [4.78, 5) is 12.2. The van der Waals surface area contributed by atoms with Gasteiger partial charge in [-0.15, -0.1) is 22.7 Å². The summed E-state index contributed by atoms with van der Waals surface area (Å²) in [6.07, 6.45) is 2.26. The van der Waals surface area contributed by atoms with E-state index in [0.29, 0.717) is 11.8 Å². The van der Waals surface area contributed by atoms with E-state index in [-0.39, 0.29) is 0 Å². The van der Waals surface area contributed by atoms with Crippen LogP contribution in [0.3, 0.4) is 0 Å². The average Bonchev–Trinajstić information content (AvgIpc) is 3.12. The van der Waals surface area contributed by atoms with Crippen LogP contribution in [0, 0.1) is 0 Å². The van der Waals surface area contributed by atoms with E-state index in [0.717, 1.165) is 29.8 Å². The zero-order valence-electron chi connectivity index (χ0n) is 12.5. The molecule has 2 nitrogen and oxygen atoms in total. The van der Waals surface area contributed by atoms with Crippen molar-refractivity contribution in [2.75, 3.05) is 0 Å². The second-order valence-electron chi connectivity index (χ2n) is 5.56. The summed E-state index contributed by atoms with van der Waals surface area (Å²) < 4.78 is 0. The van der Waals surface area contributed by atoms with E-state index in [9.17, 15) is 0 Å². The summed E-state index contributed by atoms with van der Waals surface area (Å²) in [7, 11) is 0. The SMILES string of the molecule is C=C1c2nc(C(C)CC)sc2-c2sc(C(C)CC)nc21. The zero-order chi connectivity index (χ0) is 14.4. The van der Waals surface area contributed by atoms with Gasteiger partial charge < -0.3 is 0 Å². The predicted molar refractivity (Wildman–Crippen MR) is 88.8 cm³/mol. The summed E-state index contributed by atoms with van der Waals surface area (Å²) in [6.45, 7) is 13.1. The quantitative estimate of drug-likeness (QED) is 0.620. The molecular weight excluding hydrogens is 284 g/mol. The highest BCUT2D eigenvalue weighted by atomic mass is 32.1. The zero-order valence-corrected chi connectivity index (χ0v) is 14.1. The van der Waals surface area contributed by atoms with Gasteiger partial charge in [0.25, 0.3) is 0 Å². The molecule has 1 aliphatic rings. The lowest BCUT2D eigenvalue weighted by atomic mass is 10.1. The number of thiazole rings is 2. The fraction of sp³-hybridized carbons (Fsp3) is 0.500. The Morgan fingerprint density at radius 3 is 1.65 bits per heavy atom. The van der Waals surface area contributed by atoms with Crippen LogP contribution < -0.4 is 0 Å². The molecule has 1 aliphatic carbocycles. The van der Waals surface area contributed by atoms with Crippen LogP contribution in [0.25, 0.3) is 15.3 Å². The second kappa shape index (κ2) is 5.08. The highest BCUT2D eigenvalue weighted by Gasteiger charge is 2.32. The first-order chi connectivity index (χ1) is 9.56. The van der Waals surface area contributed by atoms with Crippen molar-refractivity contribution >= 4 is 28.2 Å². The lowest BCUT2D eigenvalue weighted by molar-refractivity contribution is 0.724. The van der Waals surface area contributed by atoms with Crippen molar-refractivity contribution in [2.24, 2.45) is 0 Å². The molecule has 4 heteroatoms. The Morgan fingerprint density at radius 1 is 0.900 bits per heavy atom. The van der Waals surface area contributed by atoms with Crippen LogP contribution in [0.4, 0.5) is 0 Å². The third kappa shape index (κ3) is 1.97. The number of hydrogen-bond donors (Lipinski definition) is 0. The first-order valence-electron chi connectivity index (χ1n) is 7.28. The lowest BCUT2D eigenvalue weighted by Crippen LogP contribution is -1.93. The normalized spacial score (nSPS) is 16.1. The fourth-order valence-corrected chi connectivity index (χ4v) is 4.86. The Hall–Kier alpha value is -1.00. The molecule has 0 saturated carbocycles. The summed E-state index contributed by atoms with van der Waals surface area (Å²) >= 11 is 3.66. The van der Waals surface area contributed by atoms with Crippen LogP contribution in [0.2, 0.25) is 0 Å². The van der Waals surface area contributed by atoms with E-state index < -0.39 is 0 Å². The molecule has 0 radical (unpaired) electrons. The molecular formula is C16H20N2S2. The topological polar surface area (TPSA) is 25.8 Å². The van der Waals surface area contributed by atoms with Gasteiger partial charge in [-0.1, -0.05) is 34.3 Å². The number of aromatic nitrogens is 2. The third-order valence-corrected chi connectivity index (χ3v) is 6.87. The standard InChI is InChI=1S/C16H20N2S2/c1-6-8(3)15-17-11-10(5)12-14(13(11)19-15)20-16(18-12)9(4)7-2/h8-9H,5-7H2,1-4H3. The molecule has 0 aromatic carbocycles. The molecule has 0 fully saturated rings. The van der Waals surface area contributed by atoms with Gasteiger partial charge in [0.05, 0.1) is 31.2 Å². The summed E-state index contributed by atoms with van der Waals surface area (Å²) in [6, 6.07) is 0. The van der Waals surface area contributed by atoms with Gasteiger partial charge in [0, 0.05) is 17.4 Å². The maximum Gasteiger partial charge on any atom is 0.0967 e. The van der Waals surface area contributed by atoms with Gasteiger partial charge in [-0.25, -0.2) is 9.97 Å². The molecule has 106 valence electrons. The van der Waals surface area contributed by atoms with Crippen molar-refractivity contribution in [3.63, 3.8) is 0 Å². The summed E-state index contributed by atoms with van der Waals surface area (Å²) in [5, 5.41) is 2.48. The van der Waals surface area contributed by atoms with Gasteiger partial charge in [0.1, 0.15) is 0 Å². The first kappa shape index (κ1) is 14.0. The van der Waals surface area contributed by atoms with Crippen LogP contribution >= 0.6 is 22.7 Å². The van der Waals surface area contributed by atoms with E-state index in [2.05, 4.69) is 34.3 Å². The molecule has 2 heterocycles. The summed E-state index contributed by atoms with van der Waals surface area (Å²) in [5.41, 5.74) is 3.18. The smallest absolute Gasteiger partial charge is 0.0967 e. The maximum absolute atomic E-state index is 4.81. The predicted octanol–water partition coefficient (Wildman–Crippen LogP) is 5.67. The Labute approximate surface area is 128 Å². The molecule has 20 heavy (non-hydrogen) atoms. The monoisotopic (exact) mass is 304 g/mol. The van der Waals surface area contributed by atoms with Crippen LogP contribution in [0.5, 0.6) is 0 Å². The van der Waals surface area contributed by atoms with Gasteiger partial charge in [-0.05, 0) is 12.8 Å². The van der Waals surface area contributed by atoms with Crippen molar-refractivity contribution in [1.82, 2.24) is 9.97 Å². The van der Waals surface area contributed by atoms with Crippen LogP contribution in [-0.4, -0.2) is 9.97 Å². The highest BCUT2D eigenvalue weighted by Crippen LogP contribution is 2.50. The Balaban J connectivity index is 2.06. The number of rotatable bonds is 4. The minimum atomic E-state index is 0.531.